The zero-order chi connectivity index (χ0) is 16.5. The standard InChI is InChI=1S/C18H25N3O2.HI/c1-14(2)15-6-8-16(9-7-15)23-12-10-20-18(19-3)21-13-17-5-4-11-22-17;/h4-9,11,14H,10,12-13H2,1-3H3,(H2,19,20,21);1H. The van der Waals surface area contributed by atoms with Crippen molar-refractivity contribution in [1.82, 2.24) is 10.6 Å². The molecule has 1 aromatic carbocycles. The van der Waals surface area contributed by atoms with Crippen molar-refractivity contribution in [2.24, 2.45) is 4.99 Å². The molecule has 0 amide bonds. The van der Waals surface area contributed by atoms with E-state index < -0.39 is 0 Å². The van der Waals surface area contributed by atoms with E-state index in [-0.39, 0.29) is 24.0 Å². The summed E-state index contributed by atoms with van der Waals surface area (Å²) in [6.07, 6.45) is 1.66. The van der Waals surface area contributed by atoms with Gasteiger partial charge in [0.15, 0.2) is 5.96 Å². The van der Waals surface area contributed by atoms with Gasteiger partial charge in [-0.1, -0.05) is 26.0 Å². The van der Waals surface area contributed by atoms with Crippen LogP contribution in [0.2, 0.25) is 0 Å². The SMILES string of the molecule is CN=C(NCCOc1ccc(C(C)C)cc1)NCc1ccco1.I. The molecule has 2 rings (SSSR count). The van der Waals surface area contributed by atoms with Gasteiger partial charge in [-0.15, -0.1) is 24.0 Å². The summed E-state index contributed by atoms with van der Waals surface area (Å²) in [7, 11) is 1.74. The number of hydrogen-bond acceptors (Lipinski definition) is 3. The van der Waals surface area contributed by atoms with E-state index in [1.54, 1.807) is 13.3 Å². The second-order valence-electron chi connectivity index (χ2n) is 5.50. The molecular weight excluding hydrogens is 417 g/mol. The van der Waals surface area contributed by atoms with Gasteiger partial charge in [-0.25, -0.2) is 0 Å². The lowest BCUT2D eigenvalue weighted by atomic mass is 10.0. The topological polar surface area (TPSA) is 58.8 Å². The van der Waals surface area contributed by atoms with Gasteiger partial charge in [0.25, 0.3) is 0 Å². The number of guanidine groups is 1. The maximum Gasteiger partial charge on any atom is 0.191 e. The average Bonchev–Trinajstić information content (AvgIpc) is 3.08. The van der Waals surface area contributed by atoms with Crippen LogP contribution < -0.4 is 15.4 Å². The Kier molecular flexibility index (Phi) is 9.29. The van der Waals surface area contributed by atoms with Crippen LogP contribution in [0.1, 0.15) is 31.1 Å². The molecule has 1 heterocycles. The van der Waals surface area contributed by atoms with Crippen molar-refractivity contribution < 1.29 is 9.15 Å². The summed E-state index contributed by atoms with van der Waals surface area (Å²) in [5, 5.41) is 6.38. The lowest BCUT2D eigenvalue weighted by Gasteiger charge is -2.12. The minimum atomic E-state index is 0. The Balaban J connectivity index is 0.00000288. The van der Waals surface area contributed by atoms with Crippen LogP contribution in [0.3, 0.4) is 0 Å². The number of nitrogens with zero attached hydrogens (tertiary/aromatic N) is 1. The first-order valence-electron chi connectivity index (χ1n) is 7.88. The maximum atomic E-state index is 5.72. The number of benzene rings is 1. The van der Waals surface area contributed by atoms with Crippen LogP contribution in [0.15, 0.2) is 52.1 Å². The van der Waals surface area contributed by atoms with Crippen LogP contribution in [0.5, 0.6) is 5.75 Å². The predicted octanol–water partition coefficient (Wildman–Crippen LogP) is 3.77. The van der Waals surface area contributed by atoms with E-state index in [1.165, 1.54) is 5.56 Å². The Labute approximate surface area is 160 Å². The van der Waals surface area contributed by atoms with Crippen LogP contribution in [0.4, 0.5) is 0 Å². The summed E-state index contributed by atoms with van der Waals surface area (Å²) < 4.78 is 11.0. The number of furan rings is 1. The molecular formula is C18H26IN3O2. The van der Waals surface area contributed by atoms with Crippen LogP contribution >= 0.6 is 24.0 Å². The van der Waals surface area contributed by atoms with E-state index in [0.717, 1.165) is 17.5 Å². The lowest BCUT2D eigenvalue weighted by molar-refractivity contribution is 0.321. The third-order valence-electron chi connectivity index (χ3n) is 3.44. The van der Waals surface area contributed by atoms with Crippen LogP contribution in [-0.2, 0) is 6.54 Å². The largest absolute Gasteiger partial charge is 0.492 e. The molecule has 0 aliphatic carbocycles. The van der Waals surface area contributed by atoms with Gasteiger partial charge in [0.05, 0.1) is 19.4 Å². The Morgan fingerprint density at radius 1 is 1.17 bits per heavy atom. The second-order valence-corrected chi connectivity index (χ2v) is 5.50. The molecule has 0 atom stereocenters. The van der Waals surface area contributed by atoms with Gasteiger partial charge in [-0.05, 0) is 35.7 Å². The Hall–Kier alpha value is -1.70. The maximum absolute atomic E-state index is 5.72. The highest BCUT2D eigenvalue weighted by Gasteiger charge is 2.01. The molecule has 24 heavy (non-hydrogen) atoms. The molecule has 0 saturated heterocycles. The zero-order valence-corrected chi connectivity index (χ0v) is 16.7. The highest BCUT2D eigenvalue weighted by molar-refractivity contribution is 14.0. The number of halogens is 1. The fraction of sp³-hybridized carbons (Fsp3) is 0.389. The molecule has 0 unspecified atom stereocenters. The number of rotatable bonds is 7. The molecule has 1 aromatic heterocycles. The fourth-order valence-electron chi connectivity index (χ4n) is 2.09. The molecule has 5 nitrogen and oxygen atoms in total. The van der Waals surface area contributed by atoms with E-state index in [4.69, 9.17) is 9.15 Å². The molecule has 2 N–H and O–H groups in total. The van der Waals surface area contributed by atoms with Gasteiger partial charge < -0.3 is 19.8 Å². The van der Waals surface area contributed by atoms with E-state index >= 15 is 0 Å². The summed E-state index contributed by atoms with van der Waals surface area (Å²) >= 11 is 0. The monoisotopic (exact) mass is 443 g/mol. The van der Waals surface area contributed by atoms with E-state index in [9.17, 15) is 0 Å². The molecule has 0 saturated carbocycles. The van der Waals surface area contributed by atoms with Crippen molar-refractivity contribution in [3.05, 3.63) is 54.0 Å². The fourth-order valence-corrected chi connectivity index (χ4v) is 2.09. The van der Waals surface area contributed by atoms with Crippen molar-refractivity contribution >= 4 is 29.9 Å². The zero-order valence-electron chi connectivity index (χ0n) is 14.4. The molecule has 2 aromatic rings. The number of nitrogens with one attached hydrogen (secondary N) is 2. The van der Waals surface area contributed by atoms with Gasteiger partial charge in [0.2, 0.25) is 0 Å². The number of ether oxygens (including phenoxy) is 1. The molecule has 0 bridgehead atoms. The molecule has 6 heteroatoms. The molecule has 0 aliphatic heterocycles. The quantitative estimate of drug-likeness (QED) is 0.296. The highest BCUT2D eigenvalue weighted by atomic mass is 127. The van der Waals surface area contributed by atoms with Crippen LogP contribution in [0, 0.1) is 0 Å². The molecule has 0 radical (unpaired) electrons. The summed E-state index contributed by atoms with van der Waals surface area (Å²) in [4.78, 5) is 4.16. The van der Waals surface area contributed by atoms with Crippen molar-refractivity contribution in [3.8, 4) is 5.75 Å². The molecule has 132 valence electrons. The minimum Gasteiger partial charge on any atom is -0.492 e. The Morgan fingerprint density at radius 2 is 1.92 bits per heavy atom. The molecule has 0 aliphatic rings. The highest BCUT2D eigenvalue weighted by Crippen LogP contribution is 2.18. The smallest absolute Gasteiger partial charge is 0.191 e. The third kappa shape index (κ3) is 6.82. The van der Waals surface area contributed by atoms with E-state index in [1.807, 2.05) is 24.3 Å². The van der Waals surface area contributed by atoms with E-state index in [0.29, 0.717) is 25.6 Å². The first kappa shape index (κ1) is 20.3. The van der Waals surface area contributed by atoms with E-state index in [2.05, 4.69) is 41.6 Å². The van der Waals surface area contributed by atoms with Gasteiger partial charge in [-0.3, -0.25) is 4.99 Å². The van der Waals surface area contributed by atoms with Crippen molar-refractivity contribution in [1.29, 1.82) is 0 Å². The van der Waals surface area contributed by atoms with Crippen molar-refractivity contribution in [2.75, 3.05) is 20.2 Å². The average molecular weight is 443 g/mol. The van der Waals surface area contributed by atoms with Crippen LogP contribution in [-0.4, -0.2) is 26.2 Å². The molecule has 0 fully saturated rings. The van der Waals surface area contributed by atoms with Gasteiger partial charge in [-0.2, -0.15) is 0 Å². The van der Waals surface area contributed by atoms with Crippen LogP contribution in [0.25, 0.3) is 0 Å². The predicted molar refractivity (Wildman–Crippen MR) is 108 cm³/mol. The van der Waals surface area contributed by atoms with Gasteiger partial charge in [0, 0.05) is 7.05 Å². The van der Waals surface area contributed by atoms with Gasteiger partial charge in [0.1, 0.15) is 18.1 Å². The Morgan fingerprint density at radius 3 is 2.50 bits per heavy atom. The third-order valence-corrected chi connectivity index (χ3v) is 3.44. The van der Waals surface area contributed by atoms with Crippen molar-refractivity contribution in [3.63, 3.8) is 0 Å². The second kappa shape index (κ2) is 11.0. The summed E-state index contributed by atoms with van der Waals surface area (Å²) in [6.45, 7) is 6.21. The summed E-state index contributed by atoms with van der Waals surface area (Å²) in [5.74, 6) is 3.01. The molecule has 0 spiro atoms. The normalized spacial score (nSPS) is 11.1. The number of hydrogen-bond donors (Lipinski definition) is 2. The first-order chi connectivity index (χ1) is 11.2. The van der Waals surface area contributed by atoms with Gasteiger partial charge >= 0.3 is 0 Å². The summed E-state index contributed by atoms with van der Waals surface area (Å²) in [6, 6.07) is 12.0. The first-order valence-corrected chi connectivity index (χ1v) is 7.88. The Bertz CT molecular complexity index is 595. The summed E-state index contributed by atoms with van der Waals surface area (Å²) in [5.41, 5.74) is 1.32. The number of aliphatic imine (C=N–C) groups is 1. The minimum absolute atomic E-state index is 0. The van der Waals surface area contributed by atoms with Crippen molar-refractivity contribution in [2.45, 2.75) is 26.3 Å². The lowest BCUT2D eigenvalue weighted by Crippen LogP contribution is -2.38.